The highest BCUT2D eigenvalue weighted by Gasteiger charge is 1.99. The van der Waals surface area contributed by atoms with Crippen molar-refractivity contribution in [2.24, 2.45) is 0 Å². The van der Waals surface area contributed by atoms with E-state index in [0.29, 0.717) is 18.8 Å². The Labute approximate surface area is 117 Å². The summed E-state index contributed by atoms with van der Waals surface area (Å²) < 4.78 is 5.62. The van der Waals surface area contributed by atoms with Gasteiger partial charge in [0.05, 0.1) is 13.2 Å². The minimum atomic E-state index is 0.447. The molecule has 0 radical (unpaired) electrons. The number of benzene rings is 2. The molecule has 0 aliphatic carbocycles. The number of rotatable bonds is 8. The molecule has 0 unspecified atom stereocenters. The van der Waals surface area contributed by atoms with Gasteiger partial charge in [0.1, 0.15) is 18.3 Å². The lowest BCUT2D eigenvalue weighted by Gasteiger charge is -2.07. The highest BCUT2D eigenvalue weighted by molar-refractivity contribution is 5.89. The van der Waals surface area contributed by atoms with Crippen LogP contribution in [0.15, 0.2) is 49.2 Å². The molecule has 0 aromatic heterocycles. The van der Waals surface area contributed by atoms with E-state index in [1.54, 1.807) is 6.07 Å². The Balaban J connectivity index is 1.91. The molecule has 20 heavy (non-hydrogen) atoms. The van der Waals surface area contributed by atoms with Crippen LogP contribution in [0.2, 0.25) is 0 Å². The molecule has 2 aromatic rings. The van der Waals surface area contributed by atoms with Crippen LogP contribution in [-0.4, -0.2) is 19.5 Å². The van der Waals surface area contributed by atoms with Crippen LogP contribution in [0.1, 0.15) is 16.8 Å². The van der Waals surface area contributed by atoms with Crippen LogP contribution in [0.3, 0.4) is 0 Å². The largest absolute Gasteiger partial charge is 0.493 e. The molecule has 0 atom stereocenters. The third-order valence-electron chi connectivity index (χ3n) is 2.75. The van der Waals surface area contributed by atoms with Gasteiger partial charge in [0.15, 0.2) is 0 Å². The second-order valence-corrected chi connectivity index (χ2v) is 4.17. The first-order valence-corrected chi connectivity index (χ1v) is 6.34. The predicted molar refractivity (Wildman–Crippen MR) is 76.7 cm³/mol. The number of hydrogen-bond donors (Lipinski definition) is 0. The van der Waals surface area contributed by atoms with Crippen molar-refractivity contribution in [3.05, 3.63) is 54.8 Å². The van der Waals surface area contributed by atoms with E-state index in [1.807, 2.05) is 30.3 Å². The number of fused-ring (bicyclic) bond motifs is 1. The van der Waals surface area contributed by atoms with Gasteiger partial charge in [0.2, 0.25) is 0 Å². The third kappa shape index (κ3) is 3.83. The van der Waals surface area contributed by atoms with Gasteiger partial charge in [-0.05, 0) is 29.0 Å². The molecule has 0 heterocycles. The highest BCUT2D eigenvalue weighted by atomic mass is 17.2. The van der Waals surface area contributed by atoms with Gasteiger partial charge in [-0.15, -0.1) is 0 Å². The number of carbonyl (C=O) groups is 1. The summed E-state index contributed by atoms with van der Waals surface area (Å²) in [5, 5.41) is 2.06. The lowest BCUT2D eigenvalue weighted by Crippen LogP contribution is -2.02. The number of hydrogen-bond acceptors (Lipinski definition) is 4. The predicted octanol–water partition coefficient (Wildman–Crippen LogP) is 3.51. The molecule has 0 aliphatic heterocycles. The molecule has 0 fully saturated rings. The van der Waals surface area contributed by atoms with Crippen molar-refractivity contribution in [2.45, 2.75) is 6.42 Å². The molecule has 0 spiro atoms. The maximum atomic E-state index is 10.7. The van der Waals surface area contributed by atoms with E-state index in [0.717, 1.165) is 29.2 Å². The first-order valence-electron chi connectivity index (χ1n) is 6.34. The van der Waals surface area contributed by atoms with Crippen LogP contribution < -0.4 is 4.74 Å². The monoisotopic (exact) mass is 272 g/mol. The van der Waals surface area contributed by atoms with Gasteiger partial charge in [-0.25, -0.2) is 0 Å². The molecular formula is C16H16O4. The molecule has 0 aliphatic rings. The molecule has 104 valence electrons. The molecule has 4 nitrogen and oxygen atoms in total. The van der Waals surface area contributed by atoms with Crippen molar-refractivity contribution < 1.29 is 19.3 Å². The van der Waals surface area contributed by atoms with E-state index in [9.17, 15) is 4.79 Å². The van der Waals surface area contributed by atoms with Gasteiger partial charge in [-0.3, -0.25) is 4.79 Å². The maximum absolute atomic E-state index is 10.7. The summed E-state index contributed by atoms with van der Waals surface area (Å²) in [5.74, 6) is 0.793. The topological polar surface area (TPSA) is 44.8 Å². The zero-order valence-corrected chi connectivity index (χ0v) is 11.1. The van der Waals surface area contributed by atoms with Crippen LogP contribution >= 0.6 is 0 Å². The quantitative estimate of drug-likeness (QED) is 0.242. The summed E-state index contributed by atoms with van der Waals surface area (Å²) >= 11 is 0. The van der Waals surface area contributed by atoms with Crippen LogP contribution in [0.25, 0.3) is 10.8 Å². The highest BCUT2D eigenvalue weighted by Crippen LogP contribution is 2.21. The summed E-state index contributed by atoms with van der Waals surface area (Å²) in [4.78, 5) is 20.0. The van der Waals surface area contributed by atoms with Gasteiger partial charge in [0, 0.05) is 12.0 Å². The molecule has 0 saturated heterocycles. The molecule has 0 saturated carbocycles. The van der Waals surface area contributed by atoms with Crippen molar-refractivity contribution in [1.29, 1.82) is 0 Å². The molecule has 2 rings (SSSR count). The van der Waals surface area contributed by atoms with Crippen molar-refractivity contribution in [2.75, 3.05) is 13.2 Å². The Kier molecular flexibility index (Phi) is 5.15. The van der Waals surface area contributed by atoms with Crippen molar-refractivity contribution >= 4 is 17.1 Å². The third-order valence-corrected chi connectivity index (χ3v) is 2.75. The Morgan fingerprint density at radius 1 is 1.05 bits per heavy atom. The minimum absolute atomic E-state index is 0.447. The van der Waals surface area contributed by atoms with Gasteiger partial charge in [0.25, 0.3) is 0 Å². The maximum Gasteiger partial charge on any atom is 0.150 e. The minimum Gasteiger partial charge on any atom is -0.493 e. The van der Waals surface area contributed by atoms with Crippen LogP contribution in [-0.2, 0) is 9.78 Å². The van der Waals surface area contributed by atoms with E-state index >= 15 is 0 Å². The van der Waals surface area contributed by atoms with Gasteiger partial charge in [-0.2, -0.15) is 4.89 Å². The van der Waals surface area contributed by atoms with Crippen molar-refractivity contribution in [1.82, 2.24) is 0 Å². The van der Waals surface area contributed by atoms with Crippen LogP contribution in [0.4, 0.5) is 0 Å². The number of carbonyl (C=O) groups excluding carboxylic acids is 1. The van der Waals surface area contributed by atoms with Crippen molar-refractivity contribution in [3.8, 4) is 5.75 Å². The van der Waals surface area contributed by atoms with Gasteiger partial charge >= 0.3 is 0 Å². The van der Waals surface area contributed by atoms with E-state index in [4.69, 9.17) is 9.62 Å². The average Bonchev–Trinajstić information content (AvgIpc) is 2.50. The van der Waals surface area contributed by atoms with Crippen LogP contribution in [0.5, 0.6) is 5.75 Å². The molecular weight excluding hydrogens is 256 g/mol. The lowest BCUT2D eigenvalue weighted by molar-refractivity contribution is -0.249. The zero-order valence-electron chi connectivity index (χ0n) is 11.1. The standard InChI is InChI=1S/C16H16O4/c1-2-19-20-9-3-8-18-16-7-6-14-10-13(12-17)4-5-15(14)11-16/h2,4-7,10-12H,1,3,8-9H2. The second kappa shape index (κ2) is 7.31. The van der Waals surface area contributed by atoms with Gasteiger partial charge < -0.3 is 9.62 Å². The molecule has 0 amide bonds. The summed E-state index contributed by atoms with van der Waals surface area (Å²) in [6.07, 6.45) is 2.79. The normalized spacial score (nSPS) is 10.2. The fraction of sp³-hybridized carbons (Fsp3) is 0.188. The zero-order chi connectivity index (χ0) is 14.2. The van der Waals surface area contributed by atoms with E-state index in [2.05, 4.69) is 11.5 Å². The number of aldehydes is 1. The molecule has 4 heteroatoms. The van der Waals surface area contributed by atoms with Crippen molar-refractivity contribution in [3.63, 3.8) is 0 Å². The Hall–Kier alpha value is -2.33. The SMILES string of the molecule is C=COOCCCOc1ccc2cc(C=O)ccc2c1. The smallest absolute Gasteiger partial charge is 0.150 e. The Morgan fingerprint density at radius 2 is 1.85 bits per heavy atom. The summed E-state index contributed by atoms with van der Waals surface area (Å²) in [6, 6.07) is 11.3. The van der Waals surface area contributed by atoms with Gasteiger partial charge in [-0.1, -0.05) is 24.8 Å². The first kappa shape index (κ1) is 14.1. The fourth-order valence-electron chi connectivity index (χ4n) is 1.81. The Morgan fingerprint density at radius 3 is 2.65 bits per heavy atom. The molecule has 2 aromatic carbocycles. The second-order valence-electron chi connectivity index (χ2n) is 4.17. The van der Waals surface area contributed by atoms with E-state index in [-0.39, 0.29) is 0 Å². The fourth-order valence-corrected chi connectivity index (χ4v) is 1.81. The van der Waals surface area contributed by atoms with E-state index in [1.165, 1.54) is 6.26 Å². The first-order chi connectivity index (χ1) is 9.83. The Bertz CT molecular complexity index is 592. The lowest BCUT2D eigenvalue weighted by atomic mass is 10.1. The summed E-state index contributed by atoms with van der Waals surface area (Å²) in [5.41, 5.74) is 0.672. The molecule has 0 bridgehead atoms. The average molecular weight is 272 g/mol. The number of ether oxygens (including phenoxy) is 1. The van der Waals surface area contributed by atoms with Crippen LogP contribution in [0, 0.1) is 0 Å². The summed E-state index contributed by atoms with van der Waals surface area (Å²) in [7, 11) is 0. The molecule has 0 N–H and O–H groups in total. The van der Waals surface area contributed by atoms with E-state index < -0.39 is 0 Å². The summed E-state index contributed by atoms with van der Waals surface area (Å²) in [6.45, 7) is 4.35.